The van der Waals surface area contributed by atoms with Crippen molar-refractivity contribution in [2.24, 2.45) is 0 Å². The number of carboxylic acids is 1. The van der Waals surface area contributed by atoms with Crippen LogP contribution in [0.5, 0.6) is 11.5 Å². The van der Waals surface area contributed by atoms with E-state index in [1.54, 1.807) is 0 Å². The zero-order valence-electron chi connectivity index (χ0n) is 9.79. The van der Waals surface area contributed by atoms with Crippen LogP contribution in [-0.4, -0.2) is 29.7 Å². The Labute approximate surface area is 103 Å². The summed E-state index contributed by atoms with van der Waals surface area (Å²) in [6.07, 6.45) is 0.388. The normalized spacial score (nSPS) is 9.83. The molecule has 0 heterocycles. The fraction of sp³-hybridized carbons (Fsp3) is 0.364. The van der Waals surface area contributed by atoms with Crippen molar-refractivity contribution in [1.82, 2.24) is 0 Å². The van der Waals surface area contributed by atoms with Crippen LogP contribution in [0.3, 0.4) is 0 Å². The molecule has 0 aromatic heterocycles. The van der Waals surface area contributed by atoms with E-state index in [1.807, 2.05) is 0 Å². The van der Waals surface area contributed by atoms with Gasteiger partial charge in [-0.2, -0.15) is 0 Å². The molecule has 0 saturated carbocycles. The molecule has 0 radical (unpaired) electrons. The largest absolute Gasteiger partial charge is 0.493 e. The van der Waals surface area contributed by atoms with Crippen LogP contribution in [0.25, 0.3) is 0 Å². The number of nitrogens with zero attached hydrogens (tertiary/aromatic N) is 1. The first kappa shape index (κ1) is 13.8. The predicted octanol–water partition coefficient (Wildman–Crippen LogP) is 1.85. The van der Waals surface area contributed by atoms with E-state index in [4.69, 9.17) is 14.6 Å². The van der Waals surface area contributed by atoms with Gasteiger partial charge in [-0.15, -0.1) is 0 Å². The van der Waals surface area contributed by atoms with Crippen LogP contribution in [0.2, 0.25) is 0 Å². The van der Waals surface area contributed by atoms with Gasteiger partial charge in [0.2, 0.25) is 5.75 Å². The van der Waals surface area contributed by atoms with E-state index in [0.29, 0.717) is 12.2 Å². The Morgan fingerprint density at radius 3 is 2.78 bits per heavy atom. The Hall–Kier alpha value is -2.31. The number of rotatable bonds is 7. The summed E-state index contributed by atoms with van der Waals surface area (Å²) in [5.74, 6) is -0.376. The summed E-state index contributed by atoms with van der Waals surface area (Å²) < 4.78 is 10.1. The summed E-state index contributed by atoms with van der Waals surface area (Å²) in [5, 5.41) is 19.1. The molecule has 7 nitrogen and oxygen atoms in total. The number of aliphatic carboxylic acids is 1. The van der Waals surface area contributed by atoms with Gasteiger partial charge in [0.25, 0.3) is 0 Å². The van der Waals surface area contributed by atoms with E-state index in [0.717, 1.165) is 0 Å². The van der Waals surface area contributed by atoms with Crippen LogP contribution in [0.1, 0.15) is 12.8 Å². The highest BCUT2D eigenvalue weighted by Gasteiger charge is 2.15. The topological polar surface area (TPSA) is 98.9 Å². The third kappa shape index (κ3) is 3.93. The van der Waals surface area contributed by atoms with E-state index in [1.165, 1.54) is 25.3 Å². The Morgan fingerprint density at radius 2 is 2.22 bits per heavy atom. The van der Waals surface area contributed by atoms with Crippen molar-refractivity contribution in [3.8, 4) is 11.5 Å². The summed E-state index contributed by atoms with van der Waals surface area (Å²) in [6.45, 7) is 0.229. The number of carboxylic acid groups (broad SMARTS) is 1. The second kappa shape index (κ2) is 6.43. The van der Waals surface area contributed by atoms with Crippen LogP contribution in [0, 0.1) is 10.1 Å². The summed E-state index contributed by atoms with van der Waals surface area (Å²) in [7, 11) is 1.33. The number of nitro groups is 1. The van der Waals surface area contributed by atoms with Crippen molar-refractivity contribution in [3.63, 3.8) is 0 Å². The number of methoxy groups -OCH3 is 1. The van der Waals surface area contributed by atoms with Gasteiger partial charge in [-0.05, 0) is 12.5 Å². The summed E-state index contributed by atoms with van der Waals surface area (Å²) in [6, 6.07) is 4.13. The molecule has 0 atom stereocenters. The number of benzene rings is 1. The Bertz CT molecular complexity index is 445. The number of carbonyl (C=O) groups is 1. The molecule has 7 heteroatoms. The van der Waals surface area contributed by atoms with Gasteiger partial charge in [-0.3, -0.25) is 14.9 Å². The zero-order chi connectivity index (χ0) is 13.5. The number of nitro benzene ring substituents is 1. The molecule has 1 aromatic carbocycles. The highest BCUT2D eigenvalue weighted by atomic mass is 16.6. The van der Waals surface area contributed by atoms with Crippen molar-refractivity contribution in [2.75, 3.05) is 13.7 Å². The Balaban J connectivity index is 2.62. The molecule has 1 rings (SSSR count). The first-order valence-corrected chi connectivity index (χ1v) is 5.21. The average molecular weight is 255 g/mol. The first-order valence-electron chi connectivity index (χ1n) is 5.21. The van der Waals surface area contributed by atoms with Crippen molar-refractivity contribution in [2.45, 2.75) is 12.8 Å². The van der Waals surface area contributed by atoms with Gasteiger partial charge in [-0.1, -0.05) is 0 Å². The maximum atomic E-state index is 10.6. The number of hydrogen-bond donors (Lipinski definition) is 1. The van der Waals surface area contributed by atoms with E-state index in [2.05, 4.69) is 0 Å². The van der Waals surface area contributed by atoms with E-state index < -0.39 is 10.9 Å². The Kier molecular flexibility index (Phi) is 4.91. The molecular weight excluding hydrogens is 242 g/mol. The predicted molar refractivity (Wildman–Crippen MR) is 62.0 cm³/mol. The van der Waals surface area contributed by atoms with E-state index in [9.17, 15) is 14.9 Å². The lowest BCUT2D eigenvalue weighted by molar-refractivity contribution is -0.385. The van der Waals surface area contributed by atoms with Crippen LogP contribution >= 0.6 is 0 Å². The van der Waals surface area contributed by atoms with Gasteiger partial charge < -0.3 is 14.6 Å². The van der Waals surface area contributed by atoms with Crippen LogP contribution < -0.4 is 9.47 Å². The van der Waals surface area contributed by atoms with Crippen LogP contribution in [0.15, 0.2) is 18.2 Å². The fourth-order valence-corrected chi connectivity index (χ4v) is 1.31. The van der Waals surface area contributed by atoms with Gasteiger partial charge in [-0.25, -0.2) is 0 Å². The lowest BCUT2D eigenvalue weighted by atomic mass is 10.2. The highest BCUT2D eigenvalue weighted by molar-refractivity contribution is 5.66. The van der Waals surface area contributed by atoms with E-state index in [-0.39, 0.29) is 24.5 Å². The summed E-state index contributed by atoms with van der Waals surface area (Å²) >= 11 is 0. The molecule has 0 bridgehead atoms. The number of hydrogen-bond acceptors (Lipinski definition) is 5. The van der Waals surface area contributed by atoms with Crippen molar-refractivity contribution in [1.29, 1.82) is 0 Å². The van der Waals surface area contributed by atoms with Crippen molar-refractivity contribution in [3.05, 3.63) is 28.3 Å². The molecule has 0 amide bonds. The molecular formula is C11H13NO6. The molecule has 0 spiro atoms. The molecule has 0 aliphatic rings. The smallest absolute Gasteiger partial charge is 0.311 e. The monoisotopic (exact) mass is 255 g/mol. The Morgan fingerprint density at radius 1 is 1.50 bits per heavy atom. The fourth-order valence-electron chi connectivity index (χ4n) is 1.31. The van der Waals surface area contributed by atoms with E-state index >= 15 is 0 Å². The van der Waals surface area contributed by atoms with Gasteiger partial charge in [0.1, 0.15) is 5.75 Å². The standard InChI is InChI=1S/C11H13NO6/c1-17-10-7-8(4-5-9(10)12(15)16)18-6-2-3-11(13)14/h4-5,7H,2-3,6H2,1H3,(H,13,14). The molecule has 1 N–H and O–H groups in total. The summed E-state index contributed by atoms with van der Waals surface area (Å²) in [5.41, 5.74) is -0.143. The minimum atomic E-state index is -0.889. The molecule has 0 saturated heterocycles. The second-order valence-electron chi connectivity index (χ2n) is 3.44. The maximum absolute atomic E-state index is 10.6. The minimum Gasteiger partial charge on any atom is -0.493 e. The van der Waals surface area contributed by atoms with Crippen LogP contribution in [0.4, 0.5) is 5.69 Å². The maximum Gasteiger partial charge on any atom is 0.311 e. The third-order valence-electron chi connectivity index (χ3n) is 2.15. The van der Waals surface area contributed by atoms with Gasteiger partial charge >= 0.3 is 11.7 Å². The van der Waals surface area contributed by atoms with Gasteiger partial charge in [0.05, 0.1) is 18.6 Å². The molecule has 98 valence electrons. The van der Waals surface area contributed by atoms with Gasteiger partial charge in [0, 0.05) is 18.6 Å². The molecule has 0 aliphatic carbocycles. The highest BCUT2D eigenvalue weighted by Crippen LogP contribution is 2.30. The minimum absolute atomic E-state index is 0.0180. The number of ether oxygens (including phenoxy) is 2. The molecule has 18 heavy (non-hydrogen) atoms. The lowest BCUT2D eigenvalue weighted by Crippen LogP contribution is -2.02. The SMILES string of the molecule is COc1cc(OCCCC(=O)O)ccc1[N+](=O)[O-]. The lowest BCUT2D eigenvalue weighted by Gasteiger charge is -2.07. The second-order valence-corrected chi connectivity index (χ2v) is 3.44. The molecule has 0 fully saturated rings. The van der Waals surface area contributed by atoms with Crippen molar-refractivity contribution < 1.29 is 24.3 Å². The quantitative estimate of drug-likeness (QED) is 0.453. The molecule has 0 unspecified atom stereocenters. The van der Waals surface area contributed by atoms with Crippen LogP contribution in [-0.2, 0) is 4.79 Å². The summed E-state index contributed by atoms with van der Waals surface area (Å²) in [4.78, 5) is 20.4. The molecule has 0 aliphatic heterocycles. The van der Waals surface area contributed by atoms with Gasteiger partial charge in [0.15, 0.2) is 0 Å². The van der Waals surface area contributed by atoms with Crippen molar-refractivity contribution >= 4 is 11.7 Å². The third-order valence-corrected chi connectivity index (χ3v) is 2.15. The average Bonchev–Trinajstić information content (AvgIpc) is 2.33. The zero-order valence-corrected chi connectivity index (χ0v) is 9.79. The first-order chi connectivity index (χ1) is 8.54. The molecule has 1 aromatic rings.